The molecule has 2 fully saturated rings. The molecular weight excluding hydrogens is 320 g/mol. The first-order valence-corrected chi connectivity index (χ1v) is 8.92. The Morgan fingerprint density at radius 1 is 1.08 bits per heavy atom. The van der Waals surface area contributed by atoms with Gasteiger partial charge in [-0.3, -0.25) is 9.59 Å². The van der Waals surface area contributed by atoms with Crippen molar-refractivity contribution in [2.75, 3.05) is 63.8 Å². The second-order valence-corrected chi connectivity index (χ2v) is 6.51. The lowest BCUT2D eigenvalue weighted by molar-refractivity contribution is -0.119. The molecular formula is C17H26N6O2. The van der Waals surface area contributed by atoms with Gasteiger partial charge in [0.15, 0.2) is 0 Å². The molecule has 0 aromatic carbocycles. The van der Waals surface area contributed by atoms with Gasteiger partial charge in [0.1, 0.15) is 17.3 Å². The summed E-state index contributed by atoms with van der Waals surface area (Å²) in [6.07, 6.45) is 0.838. The number of likely N-dealkylation sites (N-methyl/N-ethyl adjacent to an activating group) is 1. The summed E-state index contributed by atoms with van der Waals surface area (Å²) in [4.78, 5) is 40.6. The molecule has 0 unspecified atom stereocenters. The summed E-state index contributed by atoms with van der Waals surface area (Å²) in [5.41, 5.74) is 0.444. The Labute approximate surface area is 148 Å². The number of carbonyl (C=O) groups excluding carboxylic acids is 2. The lowest BCUT2D eigenvalue weighted by atomic mass is 10.2. The summed E-state index contributed by atoms with van der Waals surface area (Å²) in [5, 5.41) is 0. The van der Waals surface area contributed by atoms with Gasteiger partial charge >= 0.3 is 0 Å². The minimum Gasteiger partial charge on any atom is -0.354 e. The van der Waals surface area contributed by atoms with Crippen LogP contribution in [-0.2, 0) is 4.79 Å². The van der Waals surface area contributed by atoms with E-state index < -0.39 is 0 Å². The third kappa shape index (κ3) is 4.07. The molecule has 2 amide bonds. The van der Waals surface area contributed by atoms with Crippen LogP contribution in [0.1, 0.15) is 23.2 Å². The molecule has 8 heteroatoms. The number of anilines is 1. The van der Waals surface area contributed by atoms with E-state index in [1.165, 1.54) is 0 Å². The standard InChI is InChI=1S/C17H26N6O2/c1-3-20-4-8-22(9-5-20)16-12-15(18-14(2)19-16)17(25)23-10-6-21(13-24)7-11-23/h12-13H,3-11H2,1-2H3. The van der Waals surface area contributed by atoms with Crippen LogP contribution in [0.25, 0.3) is 0 Å². The Morgan fingerprint density at radius 3 is 2.36 bits per heavy atom. The number of amides is 2. The van der Waals surface area contributed by atoms with E-state index in [0.29, 0.717) is 37.7 Å². The summed E-state index contributed by atoms with van der Waals surface area (Å²) in [6, 6.07) is 1.81. The van der Waals surface area contributed by atoms with E-state index in [1.807, 2.05) is 13.0 Å². The number of nitrogens with zero attached hydrogens (tertiary/aromatic N) is 6. The van der Waals surface area contributed by atoms with Crippen LogP contribution >= 0.6 is 0 Å². The number of piperazine rings is 2. The molecule has 8 nitrogen and oxygen atoms in total. The minimum absolute atomic E-state index is 0.0792. The smallest absolute Gasteiger partial charge is 0.272 e. The molecule has 0 spiro atoms. The predicted octanol–water partition coefficient (Wildman–Crippen LogP) is -0.159. The number of carbonyl (C=O) groups is 2. The van der Waals surface area contributed by atoms with Crippen molar-refractivity contribution in [3.05, 3.63) is 17.6 Å². The molecule has 2 aliphatic heterocycles. The molecule has 136 valence electrons. The average molecular weight is 346 g/mol. The maximum atomic E-state index is 12.8. The van der Waals surface area contributed by atoms with E-state index in [1.54, 1.807) is 9.80 Å². The van der Waals surface area contributed by atoms with Gasteiger partial charge < -0.3 is 19.6 Å². The van der Waals surface area contributed by atoms with E-state index >= 15 is 0 Å². The van der Waals surface area contributed by atoms with Gasteiger partial charge in [-0.2, -0.15) is 0 Å². The lowest BCUT2D eigenvalue weighted by Crippen LogP contribution is -2.48. The average Bonchev–Trinajstić information content (AvgIpc) is 2.67. The second-order valence-electron chi connectivity index (χ2n) is 6.51. The molecule has 2 saturated heterocycles. The van der Waals surface area contributed by atoms with Gasteiger partial charge in [-0.05, 0) is 13.5 Å². The van der Waals surface area contributed by atoms with Gasteiger partial charge in [-0.15, -0.1) is 0 Å². The van der Waals surface area contributed by atoms with Crippen LogP contribution in [0.5, 0.6) is 0 Å². The Bertz CT molecular complexity index is 622. The third-order valence-electron chi connectivity index (χ3n) is 4.94. The predicted molar refractivity (Wildman–Crippen MR) is 94.6 cm³/mol. The van der Waals surface area contributed by atoms with E-state index in [4.69, 9.17) is 0 Å². The van der Waals surface area contributed by atoms with Gasteiger partial charge in [0.25, 0.3) is 5.91 Å². The molecule has 2 aliphatic rings. The number of hydrogen-bond acceptors (Lipinski definition) is 6. The van der Waals surface area contributed by atoms with Gasteiger partial charge in [0.2, 0.25) is 6.41 Å². The molecule has 0 atom stereocenters. The quantitative estimate of drug-likeness (QED) is 0.706. The Balaban J connectivity index is 1.71. The molecule has 0 aliphatic carbocycles. The summed E-state index contributed by atoms with van der Waals surface area (Å²) < 4.78 is 0. The lowest BCUT2D eigenvalue weighted by Gasteiger charge is -2.35. The van der Waals surface area contributed by atoms with Crippen molar-refractivity contribution in [2.45, 2.75) is 13.8 Å². The van der Waals surface area contributed by atoms with Crippen molar-refractivity contribution < 1.29 is 9.59 Å². The van der Waals surface area contributed by atoms with E-state index in [2.05, 4.69) is 26.7 Å². The molecule has 0 saturated carbocycles. The normalized spacial score (nSPS) is 19.2. The van der Waals surface area contributed by atoms with Crippen LogP contribution < -0.4 is 4.90 Å². The van der Waals surface area contributed by atoms with Gasteiger partial charge in [0.05, 0.1) is 0 Å². The fourth-order valence-corrected chi connectivity index (χ4v) is 3.31. The summed E-state index contributed by atoms with van der Waals surface area (Å²) in [7, 11) is 0. The Kier molecular flexibility index (Phi) is 5.47. The highest BCUT2D eigenvalue weighted by Gasteiger charge is 2.24. The molecule has 0 bridgehead atoms. The highest BCUT2D eigenvalue weighted by molar-refractivity contribution is 5.93. The molecule has 0 N–H and O–H groups in total. The van der Waals surface area contributed by atoms with E-state index in [9.17, 15) is 9.59 Å². The first kappa shape index (κ1) is 17.6. The third-order valence-corrected chi connectivity index (χ3v) is 4.94. The molecule has 1 aromatic rings. The molecule has 0 radical (unpaired) electrons. The highest BCUT2D eigenvalue weighted by Crippen LogP contribution is 2.17. The van der Waals surface area contributed by atoms with Gasteiger partial charge in [-0.25, -0.2) is 9.97 Å². The van der Waals surface area contributed by atoms with Crippen molar-refractivity contribution in [3.63, 3.8) is 0 Å². The fraction of sp³-hybridized carbons (Fsp3) is 0.647. The van der Waals surface area contributed by atoms with Crippen LogP contribution in [0.3, 0.4) is 0 Å². The Morgan fingerprint density at radius 2 is 1.76 bits per heavy atom. The van der Waals surface area contributed by atoms with Crippen LogP contribution in [0, 0.1) is 6.92 Å². The Hall–Kier alpha value is -2.22. The maximum absolute atomic E-state index is 12.8. The van der Waals surface area contributed by atoms with E-state index in [0.717, 1.165) is 45.0 Å². The SMILES string of the molecule is CCN1CCN(c2cc(C(=O)N3CCN(C=O)CC3)nc(C)n2)CC1. The number of hydrogen-bond donors (Lipinski definition) is 0. The monoisotopic (exact) mass is 346 g/mol. The van der Waals surface area contributed by atoms with Crippen LogP contribution in [0.4, 0.5) is 5.82 Å². The van der Waals surface area contributed by atoms with Crippen molar-refractivity contribution in [2.24, 2.45) is 0 Å². The largest absolute Gasteiger partial charge is 0.354 e. The number of rotatable bonds is 4. The topological polar surface area (TPSA) is 72.9 Å². The van der Waals surface area contributed by atoms with Crippen molar-refractivity contribution in [3.8, 4) is 0 Å². The van der Waals surface area contributed by atoms with Crippen LogP contribution in [-0.4, -0.2) is 95.9 Å². The van der Waals surface area contributed by atoms with Gasteiger partial charge in [0, 0.05) is 58.4 Å². The van der Waals surface area contributed by atoms with Gasteiger partial charge in [-0.1, -0.05) is 6.92 Å². The highest BCUT2D eigenvalue weighted by atomic mass is 16.2. The first-order chi connectivity index (χ1) is 12.1. The summed E-state index contributed by atoms with van der Waals surface area (Å²) >= 11 is 0. The number of aromatic nitrogens is 2. The number of aryl methyl sites for hydroxylation is 1. The van der Waals surface area contributed by atoms with Crippen molar-refractivity contribution in [1.82, 2.24) is 24.7 Å². The molecule has 25 heavy (non-hydrogen) atoms. The zero-order valence-electron chi connectivity index (χ0n) is 15.0. The van der Waals surface area contributed by atoms with E-state index in [-0.39, 0.29) is 5.91 Å². The summed E-state index contributed by atoms with van der Waals surface area (Å²) in [5.74, 6) is 1.37. The minimum atomic E-state index is -0.0792. The second kappa shape index (κ2) is 7.77. The molecule has 3 rings (SSSR count). The zero-order chi connectivity index (χ0) is 17.8. The molecule has 3 heterocycles. The maximum Gasteiger partial charge on any atom is 0.272 e. The van der Waals surface area contributed by atoms with Crippen molar-refractivity contribution >= 4 is 18.1 Å². The summed E-state index contributed by atoms with van der Waals surface area (Å²) in [6.45, 7) is 11.1. The van der Waals surface area contributed by atoms with Crippen LogP contribution in [0.15, 0.2) is 6.07 Å². The first-order valence-electron chi connectivity index (χ1n) is 8.92. The molecule has 1 aromatic heterocycles. The zero-order valence-corrected chi connectivity index (χ0v) is 15.0. The fourth-order valence-electron chi connectivity index (χ4n) is 3.31. The van der Waals surface area contributed by atoms with Crippen LogP contribution in [0.2, 0.25) is 0 Å². The van der Waals surface area contributed by atoms with Crippen molar-refractivity contribution in [1.29, 1.82) is 0 Å².